The summed E-state index contributed by atoms with van der Waals surface area (Å²) in [5.74, 6) is 0.0913. The molecule has 0 saturated carbocycles. The Hall–Kier alpha value is -3.50. The maximum Gasteiger partial charge on any atom is 0.449 e. The summed E-state index contributed by atoms with van der Waals surface area (Å²) >= 11 is 0. The average Bonchev–Trinajstić information content (AvgIpc) is 3.53. The monoisotopic (exact) mass is 483 g/mol. The highest BCUT2D eigenvalue weighted by Gasteiger charge is 2.53. The molecule has 3 aromatic rings. The molecular weight excluding hydrogens is 468 g/mol. The standard InChI is InChI=1S/C23H15F6NO4/c24-22(25,26)14-3-1-2-13-20(14)30(8-12-4-5-19(34-12)23(27,28)29)9-21(13)10-31-16-7-18-17(6-15(16)21)32-11-33-18/h1-7H,8-11H2. The van der Waals surface area contributed by atoms with E-state index < -0.39 is 29.1 Å². The van der Waals surface area contributed by atoms with Crippen molar-refractivity contribution in [2.75, 3.05) is 24.8 Å². The molecule has 1 unspecified atom stereocenters. The number of ether oxygens (including phenoxy) is 3. The molecule has 0 N–H and O–H groups in total. The van der Waals surface area contributed by atoms with Crippen LogP contribution in [0.4, 0.5) is 32.0 Å². The lowest BCUT2D eigenvalue weighted by atomic mass is 9.77. The molecule has 11 heteroatoms. The number of hydrogen-bond donors (Lipinski definition) is 0. The molecule has 0 aliphatic carbocycles. The Morgan fingerprint density at radius 1 is 0.824 bits per heavy atom. The lowest BCUT2D eigenvalue weighted by molar-refractivity contribution is -0.153. The highest BCUT2D eigenvalue weighted by Crippen LogP contribution is 2.56. The van der Waals surface area contributed by atoms with Crippen molar-refractivity contribution >= 4 is 5.69 Å². The Bertz CT molecular complexity index is 1300. The lowest BCUT2D eigenvalue weighted by Gasteiger charge is -2.25. The molecule has 0 radical (unpaired) electrons. The first-order valence-electron chi connectivity index (χ1n) is 10.2. The topological polar surface area (TPSA) is 44.1 Å². The molecule has 0 amide bonds. The zero-order valence-corrected chi connectivity index (χ0v) is 17.2. The molecule has 0 bridgehead atoms. The van der Waals surface area contributed by atoms with Gasteiger partial charge in [-0.25, -0.2) is 0 Å². The number of rotatable bonds is 2. The molecule has 1 aromatic heterocycles. The fraction of sp³-hybridized carbons (Fsp3) is 0.304. The predicted octanol–water partition coefficient (Wildman–Crippen LogP) is 5.74. The van der Waals surface area contributed by atoms with E-state index in [9.17, 15) is 26.3 Å². The van der Waals surface area contributed by atoms with Crippen LogP contribution in [0.1, 0.15) is 28.2 Å². The Balaban J connectivity index is 1.48. The van der Waals surface area contributed by atoms with Gasteiger partial charge in [-0.1, -0.05) is 12.1 Å². The first-order valence-corrected chi connectivity index (χ1v) is 10.2. The molecule has 34 heavy (non-hydrogen) atoms. The number of hydrogen-bond acceptors (Lipinski definition) is 5. The highest BCUT2D eigenvalue weighted by atomic mass is 19.4. The van der Waals surface area contributed by atoms with Gasteiger partial charge in [0.2, 0.25) is 12.6 Å². The number of furan rings is 1. The first kappa shape index (κ1) is 21.1. The van der Waals surface area contributed by atoms with Crippen LogP contribution in [0.5, 0.6) is 17.2 Å². The summed E-state index contributed by atoms with van der Waals surface area (Å²) in [6, 6.07) is 9.12. The fourth-order valence-corrected chi connectivity index (χ4v) is 4.98. The van der Waals surface area contributed by atoms with Gasteiger partial charge in [-0.2, -0.15) is 26.3 Å². The van der Waals surface area contributed by atoms with E-state index in [0.29, 0.717) is 28.4 Å². The van der Waals surface area contributed by atoms with Crippen LogP contribution in [-0.4, -0.2) is 19.9 Å². The van der Waals surface area contributed by atoms with Gasteiger partial charge in [0.05, 0.1) is 23.2 Å². The third-order valence-corrected chi connectivity index (χ3v) is 6.39. The van der Waals surface area contributed by atoms with Gasteiger partial charge >= 0.3 is 12.4 Å². The van der Waals surface area contributed by atoms with Crippen LogP contribution in [0.3, 0.4) is 0 Å². The van der Waals surface area contributed by atoms with Gasteiger partial charge in [-0.3, -0.25) is 0 Å². The molecule has 178 valence electrons. The molecule has 3 aliphatic rings. The normalized spacial score (nSPS) is 20.6. The molecule has 0 saturated heterocycles. The van der Waals surface area contributed by atoms with Gasteiger partial charge in [-0.15, -0.1) is 0 Å². The second-order valence-corrected chi connectivity index (χ2v) is 8.39. The molecule has 1 atom stereocenters. The first-order chi connectivity index (χ1) is 16.1. The quantitative estimate of drug-likeness (QED) is 0.435. The van der Waals surface area contributed by atoms with Crippen molar-refractivity contribution in [2.45, 2.75) is 24.3 Å². The largest absolute Gasteiger partial charge is 0.492 e. The average molecular weight is 483 g/mol. The van der Waals surface area contributed by atoms with Crippen molar-refractivity contribution in [1.82, 2.24) is 0 Å². The summed E-state index contributed by atoms with van der Waals surface area (Å²) in [4.78, 5) is 1.40. The second-order valence-electron chi connectivity index (χ2n) is 8.39. The predicted molar refractivity (Wildman–Crippen MR) is 105 cm³/mol. The van der Waals surface area contributed by atoms with Gasteiger partial charge in [-0.05, 0) is 29.8 Å². The lowest BCUT2D eigenvalue weighted by Crippen LogP contribution is -2.36. The smallest absolute Gasteiger partial charge is 0.449 e. The molecule has 5 nitrogen and oxygen atoms in total. The van der Waals surface area contributed by atoms with Gasteiger partial charge < -0.3 is 23.5 Å². The minimum Gasteiger partial charge on any atom is -0.492 e. The summed E-state index contributed by atoms with van der Waals surface area (Å²) < 4.78 is 103. The molecule has 1 spiro atoms. The van der Waals surface area contributed by atoms with Crippen LogP contribution >= 0.6 is 0 Å². The highest BCUT2D eigenvalue weighted by molar-refractivity contribution is 5.74. The minimum atomic E-state index is -4.69. The van der Waals surface area contributed by atoms with Gasteiger partial charge in [0.25, 0.3) is 0 Å². The molecule has 0 fully saturated rings. The van der Waals surface area contributed by atoms with E-state index in [1.54, 1.807) is 18.2 Å². The van der Waals surface area contributed by atoms with Gasteiger partial charge in [0, 0.05) is 18.2 Å². The maximum absolute atomic E-state index is 14.0. The summed E-state index contributed by atoms with van der Waals surface area (Å²) in [5, 5.41) is 0. The van der Waals surface area contributed by atoms with Crippen molar-refractivity contribution in [3.8, 4) is 17.2 Å². The van der Waals surface area contributed by atoms with Crippen LogP contribution < -0.4 is 19.1 Å². The van der Waals surface area contributed by atoms with Gasteiger partial charge in [0.1, 0.15) is 18.1 Å². The zero-order valence-electron chi connectivity index (χ0n) is 17.2. The van der Waals surface area contributed by atoms with Crippen LogP contribution in [-0.2, 0) is 24.3 Å². The van der Waals surface area contributed by atoms with Gasteiger partial charge in [0.15, 0.2) is 11.5 Å². The number of para-hydroxylation sites is 1. The third kappa shape index (κ3) is 3.02. The Morgan fingerprint density at radius 3 is 2.29 bits per heavy atom. The SMILES string of the molecule is FC(F)(F)c1ccc(CN2CC3(COc4cc5c(cc43)OCO5)c3cccc(C(F)(F)F)c32)o1. The molecular formula is C23H15F6NO4. The number of fused-ring (bicyclic) bond motifs is 5. The van der Waals surface area contributed by atoms with Crippen molar-refractivity contribution in [1.29, 1.82) is 0 Å². The summed E-state index contributed by atoms with van der Waals surface area (Å²) in [6.07, 6.45) is -9.37. The van der Waals surface area contributed by atoms with E-state index in [1.807, 2.05) is 0 Å². The van der Waals surface area contributed by atoms with Crippen LogP contribution in [0.2, 0.25) is 0 Å². The Kier molecular flexibility index (Phi) is 4.19. The van der Waals surface area contributed by atoms with Crippen LogP contribution in [0.15, 0.2) is 46.9 Å². The fourth-order valence-electron chi connectivity index (χ4n) is 4.98. The summed E-state index contributed by atoms with van der Waals surface area (Å²) in [7, 11) is 0. The molecule has 6 rings (SSSR count). The number of alkyl halides is 6. The van der Waals surface area contributed by atoms with Crippen molar-refractivity contribution in [2.24, 2.45) is 0 Å². The number of nitrogens with zero attached hydrogens (tertiary/aromatic N) is 1. The number of anilines is 1. The van der Waals surface area contributed by atoms with E-state index >= 15 is 0 Å². The zero-order chi connectivity index (χ0) is 23.9. The summed E-state index contributed by atoms with van der Waals surface area (Å²) in [6.45, 7) is -0.157. The number of halogens is 6. The maximum atomic E-state index is 14.0. The molecule has 2 aromatic carbocycles. The van der Waals surface area contributed by atoms with Crippen molar-refractivity contribution < 1.29 is 45.0 Å². The Morgan fingerprint density at radius 2 is 1.59 bits per heavy atom. The molecule has 3 aliphatic heterocycles. The third-order valence-electron chi connectivity index (χ3n) is 6.39. The second kappa shape index (κ2) is 6.77. The van der Waals surface area contributed by atoms with Crippen molar-refractivity contribution in [3.63, 3.8) is 0 Å². The minimum absolute atomic E-state index is 0.0200. The van der Waals surface area contributed by atoms with Crippen molar-refractivity contribution in [3.05, 3.63) is 70.7 Å². The van der Waals surface area contributed by atoms with E-state index in [4.69, 9.17) is 18.6 Å². The van der Waals surface area contributed by atoms with E-state index in [0.717, 1.165) is 18.2 Å². The van der Waals surface area contributed by atoms with E-state index in [2.05, 4.69) is 0 Å². The van der Waals surface area contributed by atoms with Crippen LogP contribution in [0, 0.1) is 0 Å². The van der Waals surface area contributed by atoms with E-state index in [1.165, 1.54) is 11.0 Å². The van der Waals surface area contributed by atoms with E-state index in [-0.39, 0.29) is 37.9 Å². The molecule has 4 heterocycles. The Labute approximate surface area is 188 Å². The summed E-state index contributed by atoms with van der Waals surface area (Å²) in [5.41, 5.74) is -0.947. The number of benzene rings is 2. The van der Waals surface area contributed by atoms with Crippen LogP contribution in [0.25, 0.3) is 0 Å².